The number of nitrogens with one attached hydrogen (secondary N) is 1. The van der Waals surface area contributed by atoms with Crippen molar-refractivity contribution in [2.75, 3.05) is 31.6 Å². The first-order valence-electron chi connectivity index (χ1n) is 13.3. The Balaban J connectivity index is 1.26. The van der Waals surface area contributed by atoms with Crippen molar-refractivity contribution in [1.29, 1.82) is 0 Å². The molecule has 2 aliphatic rings. The molecular weight excluding hydrogens is 454 g/mol. The molecule has 1 atom stereocenters. The largest absolute Gasteiger partial charge is 0.508 e. The van der Waals surface area contributed by atoms with Crippen LogP contribution in [0.3, 0.4) is 0 Å². The Hall–Kier alpha value is -2.97. The first-order valence-corrected chi connectivity index (χ1v) is 13.3. The third-order valence-electron chi connectivity index (χ3n) is 7.58. The summed E-state index contributed by atoms with van der Waals surface area (Å²) in [6.45, 7) is 7.38. The van der Waals surface area contributed by atoms with Gasteiger partial charge in [0.25, 0.3) is 0 Å². The average molecular weight is 492 g/mol. The second-order valence-corrected chi connectivity index (χ2v) is 10.1. The van der Waals surface area contributed by atoms with Gasteiger partial charge in [-0.25, -0.2) is 9.67 Å². The zero-order valence-electron chi connectivity index (χ0n) is 21.2. The number of phenolic OH excluding ortho intramolecular Hbond substituents is 1. The number of hydrogen-bond donors (Lipinski definition) is 2. The molecule has 2 saturated heterocycles. The maximum absolute atomic E-state index is 12.6. The van der Waals surface area contributed by atoms with Gasteiger partial charge < -0.3 is 15.2 Å². The maximum Gasteiger partial charge on any atom is 0.162 e. The molecule has 36 heavy (non-hydrogen) atoms. The predicted molar refractivity (Wildman–Crippen MR) is 140 cm³/mol. The van der Waals surface area contributed by atoms with Gasteiger partial charge in [-0.2, -0.15) is 5.10 Å². The van der Waals surface area contributed by atoms with Crippen LogP contribution in [0.1, 0.15) is 61.4 Å². The molecule has 2 fully saturated rings. The topological polar surface area (TPSA) is 92.5 Å². The Labute approximate surface area is 212 Å². The highest BCUT2D eigenvalue weighted by atomic mass is 16.5. The lowest BCUT2D eigenvalue weighted by atomic mass is 9.91. The SMILES string of the molecule is CCn1ncc2c(NC3CCOCC3)c(CN3CCCC(CCC(=O)c4ccc(O)cc4)C3)cnc21. The van der Waals surface area contributed by atoms with Crippen LogP contribution in [0.4, 0.5) is 5.69 Å². The molecule has 2 aliphatic heterocycles. The van der Waals surface area contributed by atoms with Crippen molar-refractivity contribution >= 4 is 22.5 Å². The van der Waals surface area contributed by atoms with Crippen LogP contribution in [0.2, 0.25) is 0 Å². The van der Waals surface area contributed by atoms with E-state index >= 15 is 0 Å². The number of rotatable bonds is 9. The molecule has 1 aromatic carbocycles. The molecule has 0 spiro atoms. The van der Waals surface area contributed by atoms with Crippen LogP contribution in [0.5, 0.6) is 5.75 Å². The van der Waals surface area contributed by atoms with Crippen LogP contribution < -0.4 is 5.32 Å². The number of aromatic nitrogens is 3. The molecule has 1 unspecified atom stereocenters. The zero-order valence-corrected chi connectivity index (χ0v) is 21.2. The van der Waals surface area contributed by atoms with Crippen LogP contribution in [0.25, 0.3) is 11.0 Å². The van der Waals surface area contributed by atoms with Crippen molar-refractivity contribution in [3.05, 3.63) is 47.8 Å². The zero-order chi connectivity index (χ0) is 24.9. The molecule has 2 aromatic heterocycles. The number of pyridine rings is 1. The summed E-state index contributed by atoms with van der Waals surface area (Å²) in [5.74, 6) is 0.846. The van der Waals surface area contributed by atoms with Gasteiger partial charge in [-0.15, -0.1) is 0 Å². The van der Waals surface area contributed by atoms with E-state index in [0.717, 1.165) is 88.2 Å². The lowest BCUT2D eigenvalue weighted by Gasteiger charge is -2.33. The smallest absolute Gasteiger partial charge is 0.162 e. The molecule has 8 heteroatoms. The molecule has 0 radical (unpaired) electrons. The monoisotopic (exact) mass is 491 g/mol. The fourth-order valence-electron chi connectivity index (χ4n) is 5.53. The van der Waals surface area contributed by atoms with E-state index < -0.39 is 0 Å². The van der Waals surface area contributed by atoms with Crippen molar-refractivity contribution in [1.82, 2.24) is 19.7 Å². The fourth-order valence-corrected chi connectivity index (χ4v) is 5.53. The number of aromatic hydroxyl groups is 1. The van der Waals surface area contributed by atoms with Crippen molar-refractivity contribution in [3.8, 4) is 5.75 Å². The van der Waals surface area contributed by atoms with Gasteiger partial charge in [0.05, 0.1) is 17.3 Å². The number of aryl methyl sites for hydroxylation is 1. The van der Waals surface area contributed by atoms with Crippen LogP contribution in [0, 0.1) is 5.92 Å². The van der Waals surface area contributed by atoms with Crippen molar-refractivity contribution in [3.63, 3.8) is 0 Å². The average Bonchev–Trinajstić information content (AvgIpc) is 3.33. The molecule has 0 bridgehead atoms. The number of hydrogen-bond acceptors (Lipinski definition) is 7. The number of carbonyl (C=O) groups excluding carboxylic acids is 1. The number of likely N-dealkylation sites (tertiary alicyclic amines) is 1. The number of phenols is 1. The minimum absolute atomic E-state index is 0.151. The van der Waals surface area contributed by atoms with Gasteiger partial charge in [0.2, 0.25) is 0 Å². The van der Waals surface area contributed by atoms with Crippen LogP contribution in [0.15, 0.2) is 36.7 Å². The summed E-state index contributed by atoms with van der Waals surface area (Å²) in [5.41, 5.74) is 3.98. The number of fused-ring (bicyclic) bond motifs is 1. The summed E-state index contributed by atoms with van der Waals surface area (Å²) in [7, 11) is 0. The van der Waals surface area contributed by atoms with E-state index in [4.69, 9.17) is 9.72 Å². The van der Waals surface area contributed by atoms with Gasteiger partial charge in [-0.05, 0) is 75.8 Å². The van der Waals surface area contributed by atoms with Gasteiger partial charge in [-0.3, -0.25) is 9.69 Å². The summed E-state index contributed by atoms with van der Waals surface area (Å²) in [5, 5.41) is 19.0. The van der Waals surface area contributed by atoms with Gasteiger partial charge in [0.1, 0.15) is 5.75 Å². The quantitative estimate of drug-likeness (QED) is 0.422. The van der Waals surface area contributed by atoms with Crippen molar-refractivity contribution < 1.29 is 14.6 Å². The molecule has 192 valence electrons. The Morgan fingerprint density at radius 1 is 1.17 bits per heavy atom. The standard InChI is InChI=1S/C28H37N5O3/c1-2-33-28-25(17-30-33)27(31-23-11-14-36-15-12-23)22(16-29-28)19-32-13-3-4-20(18-32)5-10-26(35)21-6-8-24(34)9-7-21/h6-9,16-17,20,23,34H,2-5,10-15,18-19H2,1H3,(H,29,31). The second-order valence-electron chi connectivity index (χ2n) is 10.1. The Morgan fingerprint density at radius 2 is 1.97 bits per heavy atom. The summed E-state index contributed by atoms with van der Waals surface area (Å²) < 4.78 is 7.53. The van der Waals surface area contributed by atoms with Crippen LogP contribution in [-0.4, -0.2) is 62.9 Å². The van der Waals surface area contributed by atoms with Crippen LogP contribution in [-0.2, 0) is 17.8 Å². The van der Waals surface area contributed by atoms with Crippen molar-refractivity contribution in [2.45, 2.75) is 64.6 Å². The maximum atomic E-state index is 12.6. The normalized spacial score (nSPS) is 19.5. The van der Waals surface area contributed by atoms with E-state index in [9.17, 15) is 9.90 Å². The van der Waals surface area contributed by atoms with E-state index in [0.29, 0.717) is 23.9 Å². The predicted octanol–water partition coefficient (Wildman–Crippen LogP) is 4.62. The van der Waals surface area contributed by atoms with E-state index in [1.165, 1.54) is 5.56 Å². The summed E-state index contributed by atoms with van der Waals surface area (Å²) in [6, 6.07) is 6.98. The number of Topliss-reactive ketones (excluding diaryl/α,β-unsaturated/α-hetero) is 1. The number of nitrogens with zero attached hydrogens (tertiary/aromatic N) is 4. The first-order chi connectivity index (χ1) is 17.6. The molecule has 0 amide bonds. The highest BCUT2D eigenvalue weighted by Gasteiger charge is 2.24. The van der Waals surface area contributed by atoms with E-state index in [2.05, 4.69) is 22.2 Å². The highest BCUT2D eigenvalue weighted by molar-refractivity contribution is 5.96. The van der Waals surface area contributed by atoms with E-state index in [1.54, 1.807) is 24.3 Å². The molecule has 4 heterocycles. The molecule has 0 aliphatic carbocycles. The molecule has 5 rings (SSSR count). The van der Waals surface area contributed by atoms with Crippen molar-refractivity contribution in [2.24, 2.45) is 5.92 Å². The van der Waals surface area contributed by atoms with Gasteiger partial charge >= 0.3 is 0 Å². The molecular formula is C28H37N5O3. The van der Waals surface area contributed by atoms with Crippen LogP contribution >= 0.6 is 0 Å². The number of piperidine rings is 1. The molecule has 0 saturated carbocycles. The lowest BCUT2D eigenvalue weighted by molar-refractivity contribution is 0.0904. The minimum Gasteiger partial charge on any atom is -0.508 e. The molecule has 8 nitrogen and oxygen atoms in total. The summed E-state index contributed by atoms with van der Waals surface area (Å²) in [4.78, 5) is 19.9. The summed E-state index contributed by atoms with van der Waals surface area (Å²) in [6.07, 6.45) is 9.73. The number of ketones is 1. The number of anilines is 1. The minimum atomic E-state index is 0.151. The Morgan fingerprint density at radius 3 is 2.75 bits per heavy atom. The van der Waals surface area contributed by atoms with E-state index in [1.807, 2.05) is 17.1 Å². The Kier molecular flexibility index (Phi) is 7.82. The number of ether oxygens (including phenoxy) is 1. The summed E-state index contributed by atoms with van der Waals surface area (Å²) >= 11 is 0. The lowest BCUT2D eigenvalue weighted by Crippen LogP contribution is -2.35. The van der Waals surface area contributed by atoms with Gasteiger partial charge in [0.15, 0.2) is 11.4 Å². The molecule has 2 N–H and O–H groups in total. The van der Waals surface area contributed by atoms with Gasteiger partial charge in [-0.1, -0.05) is 0 Å². The second kappa shape index (κ2) is 11.4. The van der Waals surface area contributed by atoms with E-state index in [-0.39, 0.29) is 11.5 Å². The number of carbonyl (C=O) groups is 1. The third kappa shape index (κ3) is 5.71. The number of benzene rings is 1. The molecule has 3 aromatic rings. The fraction of sp³-hybridized carbons (Fsp3) is 0.536. The highest BCUT2D eigenvalue weighted by Crippen LogP contribution is 2.31. The first kappa shape index (κ1) is 24.7. The van der Waals surface area contributed by atoms with Gasteiger partial charge in [0, 0.05) is 62.6 Å². The third-order valence-corrected chi connectivity index (χ3v) is 7.58. The Bertz CT molecular complexity index is 1170.